The number of aromatic nitrogens is 1. The molecule has 5 rings (SSSR count). The number of aryl methyl sites for hydroxylation is 1. The quantitative estimate of drug-likeness (QED) is 0.560. The molecule has 0 saturated carbocycles. The summed E-state index contributed by atoms with van der Waals surface area (Å²) >= 11 is 0. The molecular formula is C25H27FN3+. The van der Waals surface area contributed by atoms with Crippen molar-refractivity contribution < 1.29 is 9.29 Å². The maximum atomic E-state index is 14.1. The molecule has 0 radical (unpaired) electrons. The van der Waals surface area contributed by atoms with Gasteiger partial charge in [0, 0.05) is 33.9 Å². The second kappa shape index (κ2) is 7.53. The number of anilines is 1. The fourth-order valence-corrected chi connectivity index (χ4v) is 4.79. The summed E-state index contributed by atoms with van der Waals surface area (Å²) in [6.45, 7) is 8.06. The Morgan fingerprint density at radius 1 is 0.862 bits per heavy atom. The second-order valence-corrected chi connectivity index (χ2v) is 7.98. The molecule has 1 saturated heterocycles. The van der Waals surface area contributed by atoms with Crippen LogP contribution in [-0.2, 0) is 13.1 Å². The topological polar surface area (TPSA) is 12.6 Å². The Kier molecular flexibility index (Phi) is 4.72. The van der Waals surface area contributed by atoms with Gasteiger partial charge < -0.3 is 14.4 Å². The second-order valence-electron chi connectivity index (χ2n) is 7.98. The minimum absolute atomic E-state index is 0.117. The van der Waals surface area contributed by atoms with E-state index in [0.717, 1.165) is 45.0 Å². The summed E-state index contributed by atoms with van der Waals surface area (Å²) in [4.78, 5) is 3.74. The largest absolute Gasteiger partial charge is 0.358 e. The number of piperazine rings is 1. The van der Waals surface area contributed by atoms with Gasteiger partial charge in [0.1, 0.15) is 12.4 Å². The van der Waals surface area contributed by atoms with Crippen molar-refractivity contribution in [2.45, 2.75) is 20.0 Å². The molecule has 0 bridgehead atoms. The zero-order valence-corrected chi connectivity index (χ0v) is 16.9. The summed E-state index contributed by atoms with van der Waals surface area (Å²) in [6.07, 6.45) is 0. The molecule has 0 spiro atoms. The normalized spacial score (nSPS) is 15.4. The molecular weight excluding hydrogens is 361 g/mol. The van der Waals surface area contributed by atoms with Gasteiger partial charge >= 0.3 is 0 Å². The first-order chi connectivity index (χ1) is 14.2. The summed E-state index contributed by atoms with van der Waals surface area (Å²) in [5.41, 5.74) is 4.75. The fraction of sp³-hybridized carbons (Fsp3) is 0.280. The monoisotopic (exact) mass is 388 g/mol. The van der Waals surface area contributed by atoms with Crippen molar-refractivity contribution in [1.29, 1.82) is 0 Å². The van der Waals surface area contributed by atoms with Crippen LogP contribution in [0.5, 0.6) is 0 Å². The van der Waals surface area contributed by atoms with Crippen LogP contribution in [0.1, 0.15) is 12.5 Å². The summed E-state index contributed by atoms with van der Waals surface area (Å²) in [5.74, 6) is -0.117. The highest BCUT2D eigenvalue weighted by Crippen LogP contribution is 2.29. The number of halogens is 1. The SMILES string of the molecule is CCn1c2ccccc2c2cc(C[NH+]3CCN(c4ccccc4F)CC3)ccc21. The summed E-state index contributed by atoms with van der Waals surface area (Å²) < 4.78 is 16.5. The number of para-hydroxylation sites is 2. The van der Waals surface area contributed by atoms with Gasteiger partial charge in [-0.25, -0.2) is 4.39 Å². The third-order valence-corrected chi connectivity index (χ3v) is 6.27. The molecule has 3 nitrogen and oxygen atoms in total. The van der Waals surface area contributed by atoms with E-state index < -0.39 is 0 Å². The van der Waals surface area contributed by atoms with Crippen molar-refractivity contribution in [3.63, 3.8) is 0 Å². The number of nitrogens with zero attached hydrogens (tertiary/aromatic N) is 2. The van der Waals surface area contributed by atoms with Crippen LogP contribution < -0.4 is 9.80 Å². The van der Waals surface area contributed by atoms with Crippen molar-refractivity contribution in [2.24, 2.45) is 0 Å². The zero-order valence-electron chi connectivity index (χ0n) is 16.9. The van der Waals surface area contributed by atoms with Gasteiger partial charge in [0.15, 0.2) is 0 Å². The molecule has 0 unspecified atom stereocenters. The molecule has 4 heteroatoms. The van der Waals surface area contributed by atoms with Crippen LogP contribution >= 0.6 is 0 Å². The highest BCUT2D eigenvalue weighted by atomic mass is 19.1. The number of nitrogens with one attached hydrogen (secondary N) is 1. The number of hydrogen-bond donors (Lipinski definition) is 1. The van der Waals surface area contributed by atoms with Crippen LogP contribution in [0.2, 0.25) is 0 Å². The van der Waals surface area contributed by atoms with Crippen LogP contribution in [0.4, 0.5) is 10.1 Å². The van der Waals surface area contributed by atoms with E-state index in [1.165, 1.54) is 27.4 Å². The maximum Gasteiger partial charge on any atom is 0.146 e. The number of rotatable bonds is 4. The van der Waals surface area contributed by atoms with Gasteiger partial charge in [-0.05, 0) is 37.3 Å². The Balaban J connectivity index is 1.35. The van der Waals surface area contributed by atoms with Crippen LogP contribution in [-0.4, -0.2) is 30.7 Å². The van der Waals surface area contributed by atoms with E-state index >= 15 is 0 Å². The molecule has 3 aromatic carbocycles. The molecule has 29 heavy (non-hydrogen) atoms. The lowest BCUT2D eigenvalue weighted by molar-refractivity contribution is -0.914. The van der Waals surface area contributed by atoms with Crippen molar-refractivity contribution in [3.05, 3.63) is 78.1 Å². The van der Waals surface area contributed by atoms with Gasteiger partial charge in [-0.3, -0.25) is 0 Å². The summed E-state index contributed by atoms with van der Waals surface area (Å²) in [6, 6.07) is 22.7. The molecule has 148 valence electrons. The van der Waals surface area contributed by atoms with Gasteiger partial charge in [-0.2, -0.15) is 0 Å². The van der Waals surface area contributed by atoms with Crippen molar-refractivity contribution in [1.82, 2.24) is 4.57 Å². The molecule has 1 aliphatic rings. The zero-order chi connectivity index (χ0) is 19.8. The molecule has 1 fully saturated rings. The first-order valence-electron chi connectivity index (χ1n) is 10.6. The standard InChI is InChI=1S/C25H26FN3/c1-2-29-23-9-5-3-7-20(23)21-17-19(11-12-24(21)29)18-27-13-15-28(16-14-27)25-10-6-4-8-22(25)26/h3-12,17H,2,13-16,18H2,1H3/p+1. The van der Waals surface area contributed by atoms with Gasteiger partial charge in [-0.15, -0.1) is 0 Å². The molecule has 1 aromatic heterocycles. The summed E-state index contributed by atoms with van der Waals surface area (Å²) in [5, 5.41) is 2.69. The van der Waals surface area contributed by atoms with Crippen molar-refractivity contribution in [2.75, 3.05) is 31.1 Å². The maximum absolute atomic E-state index is 14.1. The van der Waals surface area contributed by atoms with E-state index in [2.05, 4.69) is 58.9 Å². The van der Waals surface area contributed by atoms with E-state index in [9.17, 15) is 4.39 Å². The van der Waals surface area contributed by atoms with E-state index in [0.29, 0.717) is 0 Å². The van der Waals surface area contributed by atoms with Crippen LogP contribution in [0.15, 0.2) is 66.7 Å². The number of hydrogen-bond acceptors (Lipinski definition) is 1. The van der Waals surface area contributed by atoms with E-state index in [-0.39, 0.29) is 5.82 Å². The third-order valence-electron chi connectivity index (χ3n) is 6.27. The highest BCUT2D eigenvalue weighted by molar-refractivity contribution is 6.08. The fourth-order valence-electron chi connectivity index (χ4n) is 4.79. The molecule has 4 aromatic rings. The minimum Gasteiger partial charge on any atom is -0.358 e. The molecule has 1 aliphatic heterocycles. The third kappa shape index (κ3) is 3.28. The average molecular weight is 389 g/mol. The van der Waals surface area contributed by atoms with Crippen LogP contribution in [0, 0.1) is 5.82 Å². The summed E-state index contributed by atoms with van der Waals surface area (Å²) in [7, 11) is 0. The number of fused-ring (bicyclic) bond motifs is 3. The first-order valence-corrected chi connectivity index (χ1v) is 10.6. The molecule has 1 N–H and O–H groups in total. The Bertz CT molecular complexity index is 1160. The van der Waals surface area contributed by atoms with E-state index in [4.69, 9.17) is 0 Å². The Hall–Kier alpha value is -2.85. The van der Waals surface area contributed by atoms with Crippen molar-refractivity contribution >= 4 is 27.5 Å². The highest BCUT2D eigenvalue weighted by Gasteiger charge is 2.22. The first kappa shape index (κ1) is 18.2. The molecule has 0 amide bonds. The Morgan fingerprint density at radius 2 is 1.59 bits per heavy atom. The van der Waals surface area contributed by atoms with Crippen LogP contribution in [0.3, 0.4) is 0 Å². The minimum atomic E-state index is -0.117. The van der Waals surface area contributed by atoms with Gasteiger partial charge in [0.05, 0.1) is 31.9 Å². The lowest BCUT2D eigenvalue weighted by atomic mass is 10.1. The van der Waals surface area contributed by atoms with Crippen LogP contribution in [0.25, 0.3) is 21.8 Å². The molecule has 0 atom stereocenters. The Labute approximate surface area is 171 Å². The number of benzene rings is 3. The van der Waals surface area contributed by atoms with Gasteiger partial charge in [0.2, 0.25) is 0 Å². The lowest BCUT2D eigenvalue weighted by Crippen LogP contribution is -3.13. The molecule has 0 aliphatic carbocycles. The Morgan fingerprint density at radius 3 is 2.38 bits per heavy atom. The molecule has 2 heterocycles. The van der Waals surface area contributed by atoms with E-state index in [1.807, 2.05) is 12.1 Å². The van der Waals surface area contributed by atoms with Gasteiger partial charge in [-0.1, -0.05) is 36.4 Å². The average Bonchev–Trinajstić information content (AvgIpc) is 3.08. The smallest absolute Gasteiger partial charge is 0.146 e. The van der Waals surface area contributed by atoms with Crippen molar-refractivity contribution in [3.8, 4) is 0 Å². The predicted octanol–water partition coefficient (Wildman–Crippen LogP) is 3.86. The number of quaternary nitrogens is 1. The lowest BCUT2D eigenvalue weighted by Gasteiger charge is -2.33. The predicted molar refractivity (Wildman–Crippen MR) is 118 cm³/mol. The van der Waals surface area contributed by atoms with E-state index in [1.54, 1.807) is 17.0 Å². The van der Waals surface area contributed by atoms with Gasteiger partial charge in [0.25, 0.3) is 0 Å².